The molecule has 0 fully saturated rings. The molecular formula is C10H17ClN2OS2. The first-order valence-electron chi connectivity index (χ1n) is 4.78. The van der Waals surface area contributed by atoms with E-state index in [-0.39, 0.29) is 18.3 Å². The van der Waals surface area contributed by atoms with E-state index in [0.29, 0.717) is 19.0 Å². The molecule has 3 nitrogen and oxygen atoms in total. The normalized spacial score (nSPS) is 11.7. The van der Waals surface area contributed by atoms with Crippen LogP contribution in [0.4, 0.5) is 0 Å². The van der Waals surface area contributed by atoms with Crippen molar-refractivity contribution >= 4 is 41.4 Å². The molecular weight excluding hydrogens is 264 g/mol. The van der Waals surface area contributed by atoms with Gasteiger partial charge in [-0.25, -0.2) is 0 Å². The maximum absolute atomic E-state index is 11.8. The highest BCUT2D eigenvalue weighted by atomic mass is 35.5. The molecule has 1 rings (SSSR count). The average molecular weight is 281 g/mol. The summed E-state index contributed by atoms with van der Waals surface area (Å²) in [4.78, 5) is 13.6. The van der Waals surface area contributed by atoms with Gasteiger partial charge in [0.2, 0.25) is 0 Å². The molecule has 0 aliphatic heterocycles. The Morgan fingerprint density at radius 2 is 2.38 bits per heavy atom. The van der Waals surface area contributed by atoms with Crippen molar-refractivity contribution in [3.63, 3.8) is 0 Å². The van der Waals surface area contributed by atoms with Gasteiger partial charge in [-0.1, -0.05) is 6.92 Å². The Morgan fingerprint density at radius 3 is 2.94 bits per heavy atom. The molecule has 0 saturated heterocycles. The van der Waals surface area contributed by atoms with Gasteiger partial charge in [-0.05, 0) is 30.2 Å². The predicted molar refractivity (Wildman–Crippen MR) is 73.9 cm³/mol. The van der Waals surface area contributed by atoms with Crippen LogP contribution in [0.2, 0.25) is 0 Å². The smallest absolute Gasteiger partial charge is 0.262 e. The lowest BCUT2D eigenvalue weighted by atomic mass is 10.2. The van der Waals surface area contributed by atoms with Gasteiger partial charge in [0.15, 0.2) is 0 Å². The molecule has 1 aromatic heterocycles. The van der Waals surface area contributed by atoms with E-state index in [1.807, 2.05) is 24.6 Å². The van der Waals surface area contributed by atoms with Gasteiger partial charge < -0.3 is 11.1 Å². The van der Waals surface area contributed by atoms with Crippen LogP contribution in [0.15, 0.2) is 16.3 Å². The summed E-state index contributed by atoms with van der Waals surface area (Å²) >= 11 is 3.07. The molecule has 0 saturated carbocycles. The molecule has 16 heavy (non-hydrogen) atoms. The maximum Gasteiger partial charge on any atom is 0.262 e. The number of hydrogen-bond donors (Lipinski definition) is 2. The molecule has 1 atom stereocenters. The molecule has 1 aromatic rings. The standard InChI is InChI=1S/C10H16N2OS2.ClH/c1-7(5-11)6-12-10(13)9-8(14-2)3-4-15-9;/h3-4,7H,5-6,11H2,1-2H3,(H,12,13);1H. The van der Waals surface area contributed by atoms with Gasteiger partial charge >= 0.3 is 0 Å². The Balaban J connectivity index is 0.00000225. The van der Waals surface area contributed by atoms with E-state index in [0.717, 1.165) is 9.77 Å². The van der Waals surface area contributed by atoms with Gasteiger partial charge in [0.1, 0.15) is 4.88 Å². The summed E-state index contributed by atoms with van der Waals surface area (Å²) in [6.45, 7) is 3.26. The summed E-state index contributed by atoms with van der Waals surface area (Å²) in [5, 5.41) is 4.83. The number of thioether (sulfide) groups is 1. The lowest BCUT2D eigenvalue weighted by Gasteiger charge is -2.09. The first-order valence-corrected chi connectivity index (χ1v) is 6.89. The first-order chi connectivity index (χ1) is 7.19. The minimum atomic E-state index is 0. The topological polar surface area (TPSA) is 55.1 Å². The van der Waals surface area contributed by atoms with E-state index < -0.39 is 0 Å². The number of nitrogens with two attached hydrogens (primary N) is 1. The number of nitrogens with one attached hydrogen (secondary N) is 1. The zero-order valence-corrected chi connectivity index (χ0v) is 11.8. The zero-order chi connectivity index (χ0) is 11.3. The molecule has 1 amide bonds. The minimum absolute atomic E-state index is 0. The van der Waals surface area contributed by atoms with E-state index in [2.05, 4.69) is 5.32 Å². The Bertz CT molecular complexity index is 330. The molecule has 0 aliphatic carbocycles. The van der Waals surface area contributed by atoms with Crippen molar-refractivity contribution in [1.29, 1.82) is 0 Å². The van der Waals surface area contributed by atoms with Crippen molar-refractivity contribution in [2.45, 2.75) is 11.8 Å². The van der Waals surface area contributed by atoms with E-state index in [1.165, 1.54) is 11.3 Å². The second kappa shape index (κ2) is 7.95. The highest BCUT2D eigenvalue weighted by molar-refractivity contribution is 7.98. The SMILES string of the molecule is CSc1ccsc1C(=O)NCC(C)CN.Cl. The van der Waals surface area contributed by atoms with E-state index in [1.54, 1.807) is 11.8 Å². The molecule has 6 heteroatoms. The Hall–Kier alpha value is -0.230. The fraction of sp³-hybridized carbons (Fsp3) is 0.500. The fourth-order valence-electron chi connectivity index (χ4n) is 1.05. The van der Waals surface area contributed by atoms with Crippen LogP contribution in [-0.2, 0) is 0 Å². The minimum Gasteiger partial charge on any atom is -0.351 e. The van der Waals surface area contributed by atoms with Crippen molar-refractivity contribution in [3.8, 4) is 0 Å². The monoisotopic (exact) mass is 280 g/mol. The van der Waals surface area contributed by atoms with Gasteiger partial charge in [0, 0.05) is 11.4 Å². The molecule has 1 heterocycles. The Labute approximate surface area is 111 Å². The van der Waals surface area contributed by atoms with Gasteiger partial charge in [-0.15, -0.1) is 35.5 Å². The third-order valence-electron chi connectivity index (χ3n) is 2.07. The number of halogens is 1. The number of carbonyl (C=O) groups is 1. The number of carbonyl (C=O) groups excluding carboxylic acids is 1. The second-order valence-electron chi connectivity index (χ2n) is 3.37. The summed E-state index contributed by atoms with van der Waals surface area (Å²) < 4.78 is 0. The van der Waals surface area contributed by atoms with Crippen LogP contribution in [-0.4, -0.2) is 25.3 Å². The van der Waals surface area contributed by atoms with Gasteiger partial charge in [0.25, 0.3) is 5.91 Å². The quantitative estimate of drug-likeness (QED) is 0.813. The molecule has 0 bridgehead atoms. The average Bonchev–Trinajstić information content (AvgIpc) is 2.73. The largest absolute Gasteiger partial charge is 0.351 e. The third kappa shape index (κ3) is 4.33. The summed E-state index contributed by atoms with van der Waals surface area (Å²) in [6.07, 6.45) is 1.97. The van der Waals surface area contributed by atoms with E-state index >= 15 is 0 Å². The third-order valence-corrected chi connectivity index (χ3v) is 3.89. The molecule has 0 aromatic carbocycles. The fourth-order valence-corrected chi connectivity index (χ4v) is 2.72. The van der Waals surface area contributed by atoms with Crippen molar-refractivity contribution in [2.75, 3.05) is 19.3 Å². The number of thiophene rings is 1. The molecule has 3 N–H and O–H groups in total. The first kappa shape index (κ1) is 15.8. The predicted octanol–water partition coefficient (Wildman–Crippen LogP) is 2.22. The van der Waals surface area contributed by atoms with Crippen molar-refractivity contribution in [2.24, 2.45) is 11.7 Å². The van der Waals surface area contributed by atoms with Crippen molar-refractivity contribution < 1.29 is 4.79 Å². The highest BCUT2D eigenvalue weighted by Gasteiger charge is 2.12. The summed E-state index contributed by atoms with van der Waals surface area (Å²) in [7, 11) is 0. The van der Waals surface area contributed by atoms with Crippen LogP contribution in [0.25, 0.3) is 0 Å². The van der Waals surface area contributed by atoms with Crippen LogP contribution < -0.4 is 11.1 Å². The van der Waals surface area contributed by atoms with E-state index in [4.69, 9.17) is 5.73 Å². The van der Waals surface area contributed by atoms with Crippen molar-refractivity contribution in [1.82, 2.24) is 5.32 Å². The zero-order valence-electron chi connectivity index (χ0n) is 9.36. The van der Waals surface area contributed by atoms with Crippen molar-refractivity contribution in [3.05, 3.63) is 16.3 Å². The van der Waals surface area contributed by atoms with E-state index in [9.17, 15) is 4.79 Å². The van der Waals surface area contributed by atoms with Crippen LogP contribution in [0.3, 0.4) is 0 Å². The lowest BCUT2D eigenvalue weighted by molar-refractivity contribution is 0.0950. The summed E-state index contributed by atoms with van der Waals surface area (Å²) in [5.41, 5.74) is 5.48. The molecule has 1 unspecified atom stereocenters. The second-order valence-corrected chi connectivity index (χ2v) is 5.13. The molecule has 92 valence electrons. The Kier molecular flexibility index (Phi) is 7.83. The number of rotatable bonds is 5. The molecule has 0 spiro atoms. The lowest BCUT2D eigenvalue weighted by Crippen LogP contribution is -2.31. The Morgan fingerprint density at radius 1 is 1.69 bits per heavy atom. The number of amides is 1. The highest BCUT2D eigenvalue weighted by Crippen LogP contribution is 2.25. The molecule has 0 radical (unpaired) electrons. The van der Waals surface area contributed by atoms with Crippen LogP contribution >= 0.6 is 35.5 Å². The van der Waals surface area contributed by atoms with Gasteiger partial charge in [-0.3, -0.25) is 4.79 Å². The summed E-state index contributed by atoms with van der Waals surface area (Å²) in [5.74, 6) is 0.335. The maximum atomic E-state index is 11.8. The van der Waals surface area contributed by atoms with Gasteiger partial charge in [-0.2, -0.15) is 0 Å². The summed E-state index contributed by atoms with van der Waals surface area (Å²) in [6, 6.07) is 1.97. The van der Waals surface area contributed by atoms with Crippen LogP contribution in [0, 0.1) is 5.92 Å². The molecule has 0 aliphatic rings. The van der Waals surface area contributed by atoms with Crippen LogP contribution in [0.5, 0.6) is 0 Å². The van der Waals surface area contributed by atoms with Gasteiger partial charge in [0.05, 0.1) is 0 Å². The number of hydrogen-bond acceptors (Lipinski definition) is 4. The van der Waals surface area contributed by atoms with Crippen LogP contribution in [0.1, 0.15) is 16.6 Å².